The van der Waals surface area contributed by atoms with E-state index in [4.69, 9.17) is 19.2 Å². The topological polar surface area (TPSA) is 100.0 Å². The van der Waals surface area contributed by atoms with E-state index in [1.54, 1.807) is 0 Å². The number of hydrogen-bond acceptors (Lipinski definition) is 9. The van der Waals surface area contributed by atoms with Crippen LogP contribution in [0.2, 0.25) is 0 Å². The van der Waals surface area contributed by atoms with Crippen LogP contribution in [0, 0.1) is 0 Å². The zero-order valence-electron chi connectivity index (χ0n) is 25.6. The summed E-state index contributed by atoms with van der Waals surface area (Å²) < 4.78 is 16.8. The molecule has 0 radical (unpaired) electrons. The maximum absolute atomic E-state index is 14.2. The smallest absolute Gasteiger partial charge is 0.357 e. The van der Waals surface area contributed by atoms with Gasteiger partial charge in [0.1, 0.15) is 11.9 Å². The predicted octanol–water partition coefficient (Wildman–Crippen LogP) is 5.36. The van der Waals surface area contributed by atoms with E-state index in [0.717, 1.165) is 21.5 Å². The van der Waals surface area contributed by atoms with Crippen molar-refractivity contribution in [3.8, 4) is 5.88 Å². The molecule has 0 amide bonds. The second-order valence-electron chi connectivity index (χ2n) is 9.80. The Morgan fingerprint density at radius 3 is 1.63 bits per heavy atom. The van der Waals surface area contributed by atoms with Gasteiger partial charge in [0, 0.05) is 6.07 Å². The first kappa shape index (κ1) is 32.4. The van der Waals surface area contributed by atoms with Crippen LogP contribution in [-0.2, 0) is 25.7 Å². The molecular weight excluding hydrogens is 617 g/mol. The molecule has 1 heterocycles. The summed E-state index contributed by atoms with van der Waals surface area (Å²) in [4.78, 5) is 41.8. The Kier molecular flexibility index (Phi) is 10.8. The Morgan fingerprint density at radius 2 is 1.17 bits per heavy atom. The lowest BCUT2D eigenvalue weighted by Gasteiger charge is -2.31. The number of rotatable bonds is 11. The number of carbonyl (C=O) groups excluding carboxylic acids is 2. The standard InChI is InChI=1S/C36H32N3O5PS/c1-42-34(40)32(37-30-24-31(39-36(38-30)46-3)44-25-26-16-8-4-9-17-26)33(35(41)43-2)45(27-18-10-5-11-19-27,28-20-12-6-13-21-28)29-22-14-7-15-23-29/h4-24H,25H2,1-3H3/b37-32-. The molecule has 0 atom stereocenters. The number of aliphatic imine (C=N–C) groups is 1. The van der Waals surface area contributed by atoms with E-state index in [1.807, 2.05) is 128 Å². The van der Waals surface area contributed by atoms with E-state index in [2.05, 4.69) is 9.97 Å². The summed E-state index contributed by atoms with van der Waals surface area (Å²) in [5, 5.41) is 2.92. The number of ether oxygens (including phenoxy) is 3. The molecule has 10 heteroatoms. The molecule has 0 N–H and O–H groups in total. The van der Waals surface area contributed by atoms with Crippen molar-refractivity contribution in [2.75, 3.05) is 20.5 Å². The minimum absolute atomic E-state index is 0.0708. The van der Waals surface area contributed by atoms with E-state index in [0.29, 0.717) is 5.16 Å². The maximum Gasteiger partial charge on any atom is 0.357 e. The number of benzene rings is 4. The lowest BCUT2D eigenvalue weighted by atomic mass is 10.2. The van der Waals surface area contributed by atoms with Crippen molar-refractivity contribution >= 4 is 63.3 Å². The second kappa shape index (κ2) is 15.3. The van der Waals surface area contributed by atoms with Crippen LogP contribution in [0.1, 0.15) is 5.56 Å². The first-order valence-corrected chi connectivity index (χ1v) is 17.3. The van der Waals surface area contributed by atoms with Gasteiger partial charge in [-0.1, -0.05) is 133 Å². The molecule has 0 fully saturated rings. The summed E-state index contributed by atoms with van der Waals surface area (Å²) in [6.07, 6.45) is 1.83. The number of esters is 2. The summed E-state index contributed by atoms with van der Waals surface area (Å²) in [6.45, 7) is -2.88. The number of thioether (sulfide) groups is 1. The molecule has 0 saturated carbocycles. The molecule has 0 spiro atoms. The van der Waals surface area contributed by atoms with Gasteiger partial charge in [-0.25, -0.2) is 19.6 Å². The lowest BCUT2D eigenvalue weighted by Crippen LogP contribution is -2.41. The highest BCUT2D eigenvalue weighted by Crippen LogP contribution is 2.47. The lowest BCUT2D eigenvalue weighted by molar-refractivity contribution is -0.134. The third-order valence-electron chi connectivity index (χ3n) is 7.05. The van der Waals surface area contributed by atoms with Crippen LogP contribution in [0.15, 0.2) is 138 Å². The van der Waals surface area contributed by atoms with Crippen LogP contribution in [0.3, 0.4) is 0 Å². The van der Waals surface area contributed by atoms with Gasteiger partial charge < -0.3 is 14.2 Å². The molecule has 0 unspecified atom stereocenters. The highest BCUT2D eigenvalue weighted by Gasteiger charge is 2.39. The van der Waals surface area contributed by atoms with E-state index < -0.39 is 18.8 Å². The van der Waals surface area contributed by atoms with Gasteiger partial charge >= 0.3 is 11.9 Å². The molecule has 0 aliphatic rings. The van der Waals surface area contributed by atoms with Crippen LogP contribution >= 0.6 is 18.6 Å². The molecule has 0 saturated heterocycles. The summed E-state index contributed by atoms with van der Waals surface area (Å²) in [5.74, 6) is -1.14. The average molecular weight is 650 g/mol. The monoisotopic (exact) mass is 649 g/mol. The fourth-order valence-corrected chi connectivity index (χ4v) is 9.75. The molecule has 0 bridgehead atoms. The molecule has 4 aromatic carbocycles. The van der Waals surface area contributed by atoms with Gasteiger partial charge in [-0.15, -0.1) is 0 Å². The third kappa shape index (κ3) is 6.96. The van der Waals surface area contributed by atoms with E-state index in [9.17, 15) is 9.59 Å². The summed E-state index contributed by atoms with van der Waals surface area (Å²) in [5.41, 5.74) is 0.732. The summed E-state index contributed by atoms with van der Waals surface area (Å²) >= 11 is 1.30. The zero-order chi connectivity index (χ0) is 32.4. The fourth-order valence-electron chi connectivity index (χ4n) is 5.03. The van der Waals surface area contributed by atoms with Gasteiger partial charge in [0.2, 0.25) is 5.88 Å². The Balaban J connectivity index is 1.87. The van der Waals surface area contributed by atoms with Crippen molar-refractivity contribution in [2.24, 2.45) is 4.99 Å². The van der Waals surface area contributed by atoms with E-state index in [1.165, 1.54) is 32.0 Å². The molecule has 232 valence electrons. The van der Waals surface area contributed by atoms with Gasteiger partial charge in [-0.05, 0) is 34.6 Å². The molecule has 1 aromatic heterocycles. The van der Waals surface area contributed by atoms with Gasteiger partial charge in [0.25, 0.3) is 0 Å². The van der Waals surface area contributed by atoms with Crippen molar-refractivity contribution in [1.82, 2.24) is 9.97 Å². The maximum atomic E-state index is 14.2. The van der Waals surface area contributed by atoms with Gasteiger partial charge in [0.15, 0.2) is 16.7 Å². The number of aromatic nitrogens is 2. The first-order valence-electron chi connectivity index (χ1n) is 14.3. The fraction of sp³-hybridized carbons (Fsp3) is 0.111. The molecule has 8 nitrogen and oxygen atoms in total. The zero-order valence-corrected chi connectivity index (χ0v) is 27.3. The molecule has 0 aliphatic heterocycles. The molecular formula is C36H32N3O5PS. The van der Waals surface area contributed by atoms with Crippen molar-refractivity contribution in [3.63, 3.8) is 0 Å². The number of hydrogen-bond donors (Lipinski definition) is 0. The third-order valence-corrected chi connectivity index (χ3v) is 11.9. The second-order valence-corrected chi connectivity index (χ2v) is 13.9. The summed E-state index contributed by atoms with van der Waals surface area (Å²) in [6, 6.07) is 40.1. The predicted molar refractivity (Wildman–Crippen MR) is 186 cm³/mol. The Hall–Kier alpha value is -4.98. The van der Waals surface area contributed by atoms with Crippen LogP contribution in [0.4, 0.5) is 5.82 Å². The largest absolute Gasteiger partial charge is 0.473 e. The quantitative estimate of drug-likeness (QED) is 0.0620. The minimum atomic E-state index is -3.15. The number of carbonyl (C=O) groups is 2. The van der Waals surface area contributed by atoms with Gasteiger partial charge in [-0.2, -0.15) is 4.98 Å². The molecule has 46 heavy (non-hydrogen) atoms. The Labute approximate surface area is 272 Å². The molecule has 5 aromatic rings. The number of nitrogens with zero attached hydrogens (tertiary/aromatic N) is 3. The van der Waals surface area contributed by atoms with Crippen molar-refractivity contribution in [3.05, 3.63) is 133 Å². The number of methoxy groups -OCH3 is 2. The normalized spacial score (nSPS) is 11.4. The van der Waals surface area contributed by atoms with E-state index >= 15 is 0 Å². The molecule has 0 aliphatic carbocycles. The van der Waals surface area contributed by atoms with Crippen molar-refractivity contribution < 1.29 is 23.8 Å². The van der Waals surface area contributed by atoms with Crippen LogP contribution < -0.4 is 20.7 Å². The Morgan fingerprint density at radius 1 is 0.696 bits per heavy atom. The van der Waals surface area contributed by atoms with Crippen LogP contribution in [0.25, 0.3) is 0 Å². The van der Waals surface area contributed by atoms with E-state index in [-0.39, 0.29) is 29.3 Å². The first-order chi connectivity index (χ1) is 22.5. The average Bonchev–Trinajstić information content (AvgIpc) is 3.13. The van der Waals surface area contributed by atoms with Crippen LogP contribution in [-0.4, -0.2) is 53.4 Å². The Bertz CT molecular complexity index is 1780. The van der Waals surface area contributed by atoms with Crippen LogP contribution in [0.5, 0.6) is 5.88 Å². The van der Waals surface area contributed by atoms with Gasteiger partial charge in [-0.3, -0.25) is 0 Å². The SMILES string of the molecule is COC(=O)C(/C(=N/c1cc(OCc2ccccc2)nc(SC)n1)C(=O)OC)=P(c1ccccc1)(c1ccccc1)c1ccccc1. The van der Waals surface area contributed by atoms with Gasteiger partial charge in [0.05, 0.1) is 14.2 Å². The highest BCUT2D eigenvalue weighted by molar-refractivity contribution is 7.98. The minimum Gasteiger partial charge on any atom is -0.473 e. The summed E-state index contributed by atoms with van der Waals surface area (Å²) in [7, 11) is 2.54. The molecule has 5 rings (SSSR count). The highest BCUT2D eigenvalue weighted by atomic mass is 32.2. The van der Waals surface area contributed by atoms with Crippen molar-refractivity contribution in [2.45, 2.75) is 11.8 Å². The van der Waals surface area contributed by atoms with Crippen molar-refractivity contribution in [1.29, 1.82) is 0 Å².